The molecule has 3 heterocycles. The van der Waals surface area contributed by atoms with Gasteiger partial charge < -0.3 is 9.52 Å². The Morgan fingerprint density at radius 1 is 0.828 bits per heavy atom. The molecular weight excluding hydrogens is 908 g/mol. The molecule has 0 spiro atoms. The summed E-state index contributed by atoms with van der Waals surface area (Å²) in [4.78, 5) is 10.0. The van der Waals surface area contributed by atoms with Crippen molar-refractivity contribution in [2.75, 3.05) is 0 Å². The number of aromatic hydroxyl groups is 1. The number of alkyl halides is 2. The number of hydrogen-bond acceptors (Lipinski definition) is 4. The second-order valence-corrected chi connectivity index (χ2v) is 16.2. The first kappa shape index (κ1) is 38.1. The molecule has 0 fully saturated rings. The van der Waals surface area contributed by atoms with E-state index in [0.717, 1.165) is 33.5 Å². The van der Waals surface area contributed by atoms with Crippen molar-refractivity contribution in [3.8, 4) is 56.3 Å². The summed E-state index contributed by atoms with van der Waals surface area (Å²) < 4.78 is 55.4. The number of benzene rings is 5. The minimum atomic E-state index is -3.35. The maximum absolute atomic E-state index is 15.0. The molecule has 5 aromatic carbocycles. The number of phenolic OH excluding ortho intramolecular Hbond substituents is 1. The van der Waals surface area contributed by atoms with Crippen LogP contribution in [0.4, 0.5) is 8.78 Å². The van der Waals surface area contributed by atoms with Crippen LogP contribution in [-0.2, 0) is 32.9 Å². The molecule has 0 saturated heterocycles. The second kappa shape index (κ2) is 16.1. The number of phenols is 1. The van der Waals surface area contributed by atoms with Gasteiger partial charge in [0.1, 0.15) is 17.2 Å². The molecule has 5 nitrogen and oxygen atoms in total. The minimum absolute atomic E-state index is 0. The van der Waals surface area contributed by atoms with Crippen LogP contribution in [-0.4, -0.2) is 26.1 Å². The van der Waals surface area contributed by atoms with E-state index in [1.807, 2.05) is 65.2 Å². The monoisotopic (exact) mass is 955 g/mol. The third kappa shape index (κ3) is 7.53. The van der Waals surface area contributed by atoms with Crippen LogP contribution < -0.4 is 0 Å². The fourth-order valence-corrected chi connectivity index (χ4v) is 7.70. The van der Waals surface area contributed by atoms with Gasteiger partial charge in [0.15, 0.2) is 0 Å². The molecule has 0 radical (unpaired) electrons. The van der Waals surface area contributed by atoms with Crippen LogP contribution in [0.2, 0.25) is 0 Å². The van der Waals surface area contributed by atoms with Gasteiger partial charge >= 0.3 is 0 Å². The Hall–Kier alpha value is -5.39. The first-order valence-corrected chi connectivity index (χ1v) is 19.3. The van der Waals surface area contributed by atoms with Crippen LogP contribution in [0.25, 0.3) is 72.6 Å². The SMILES string of the molecule is [2H]C([2H])(c1ccc2c(nc(-c3ccc4occc4c3O)n2-c2c(C(C)C)cccc2C(C)C)c1-c1[c-]c(-c2cc(-c3ccccc3)ccn2)cc(C(C)(C)C)c1)C(F)F.[Pt]. The van der Waals surface area contributed by atoms with Crippen molar-refractivity contribution in [3.05, 3.63) is 144 Å². The van der Waals surface area contributed by atoms with Gasteiger partial charge in [-0.05, 0) is 69.8 Å². The zero-order valence-electron chi connectivity index (χ0n) is 35.5. The number of hydrogen-bond donors (Lipinski definition) is 1. The molecule has 0 saturated carbocycles. The first-order chi connectivity index (χ1) is 28.1. The van der Waals surface area contributed by atoms with Gasteiger partial charge in [0.05, 0.1) is 33.9 Å². The summed E-state index contributed by atoms with van der Waals surface area (Å²) in [6, 6.07) is 35.9. The van der Waals surface area contributed by atoms with Gasteiger partial charge in [0, 0.05) is 42.1 Å². The summed E-state index contributed by atoms with van der Waals surface area (Å²) in [7, 11) is 0. The van der Waals surface area contributed by atoms with Gasteiger partial charge in [-0.1, -0.05) is 126 Å². The van der Waals surface area contributed by atoms with Crippen molar-refractivity contribution in [1.29, 1.82) is 0 Å². The number of fused-ring (bicyclic) bond motifs is 2. The van der Waals surface area contributed by atoms with Crippen molar-refractivity contribution >= 4 is 22.0 Å². The van der Waals surface area contributed by atoms with Crippen molar-refractivity contribution in [3.63, 3.8) is 0 Å². The zero-order chi connectivity index (χ0) is 42.0. The number of furan rings is 1. The zero-order valence-corrected chi connectivity index (χ0v) is 35.7. The molecular formula is C50H46F2N3O2Pt-. The van der Waals surface area contributed by atoms with E-state index in [2.05, 4.69) is 66.7 Å². The minimum Gasteiger partial charge on any atom is -0.506 e. The predicted molar refractivity (Wildman–Crippen MR) is 227 cm³/mol. The smallest absolute Gasteiger partial charge is 0.242 e. The molecule has 0 atom stereocenters. The number of nitrogens with zero attached hydrogens (tertiary/aromatic N) is 3. The summed E-state index contributed by atoms with van der Waals surface area (Å²) in [5, 5.41) is 12.4. The van der Waals surface area contributed by atoms with E-state index in [9.17, 15) is 5.11 Å². The average Bonchev–Trinajstić information content (AvgIpc) is 3.86. The van der Waals surface area contributed by atoms with Gasteiger partial charge in [0.25, 0.3) is 0 Å². The molecule has 8 rings (SSSR count). The third-order valence-electron chi connectivity index (χ3n) is 10.7. The Balaban J connectivity index is 0.00000544. The fraction of sp³-hybridized carbons (Fsp3) is 0.240. The van der Waals surface area contributed by atoms with Crippen molar-refractivity contribution < 1.29 is 42.1 Å². The number of aromatic nitrogens is 3. The Morgan fingerprint density at radius 2 is 1.53 bits per heavy atom. The molecule has 8 aromatic rings. The van der Waals surface area contributed by atoms with Gasteiger partial charge in [-0.25, -0.2) is 13.8 Å². The summed E-state index contributed by atoms with van der Waals surface area (Å²) in [6.07, 6.45) is -3.16. The number of pyridine rings is 1. The Kier molecular flexibility index (Phi) is 10.6. The molecule has 0 amide bonds. The van der Waals surface area contributed by atoms with Crippen molar-refractivity contribution in [1.82, 2.24) is 14.5 Å². The second-order valence-electron chi connectivity index (χ2n) is 16.2. The van der Waals surface area contributed by atoms with E-state index in [1.54, 1.807) is 30.5 Å². The van der Waals surface area contributed by atoms with Gasteiger partial charge in [0.2, 0.25) is 6.43 Å². The number of halogens is 2. The molecule has 0 bridgehead atoms. The normalized spacial score (nSPS) is 12.8. The molecule has 298 valence electrons. The topological polar surface area (TPSA) is 64.1 Å². The van der Waals surface area contributed by atoms with Crippen LogP contribution in [0.1, 0.15) is 85.3 Å². The van der Waals surface area contributed by atoms with Crippen LogP contribution in [0, 0.1) is 6.07 Å². The third-order valence-corrected chi connectivity index (χ3v) is 10.7. The quantitative estimate of drug-likeness (QED) is 0.146. The standard InChI is InChI=1S/C50H46F2N3O2.Pt/c1-29(2)37-14-11-15-38(30(3)4)47(37)55-42-18-16-33(28-44(51)52)45(46(42)54-49(55)40-17-19-43-39(48(40)56)21-23-57-43)35-24-34(25-36(26-35)50(5,6)7)41-27-32(20-22-53-41)31-12-9-8-10-13-31;/h8-23,25-27,29-30,44,56H,28H2,1-7H3;/q-1;/i28D2;. The summed E-state index contributed by atoms with van der Waals surface area (Å²) >= 11 is 0. The van der Waals surface area contributed by atoms with E-state index in [-0.39, 0.29) is 49.8 Å². The Bertz CT molecular complexity index is 2830. The molecule has 58 heavy (non-hydrogen) atoms. The largest absolute Gasteiger partial charge is 0.506 e. The molecule has 0 aliphatic heterocycles. The van der Waals surface area contributed by atoms with Crippen LogP contribution in [0.5, 0.6) is 5.75 Å². The van der Waals surface area contributed by atoms with E-state index in [0.29, 0.717) is 50.2 Å². The van der Waals surface area contributed by atoms with E-state index in [4.69, 9.17) is 17.1 Å². The van der Waals surface area contributed by atoms with E-state index >= 15 is 8.78 Å². The van der Waals surface area contributed by atoms with Crippen LogP contribution >= 0.6 is 0 Å². The van der Waals surface area contributed by atoms with Crippen LogP contribution in [0.15, 0.2) is 120 Å². The maximum Gasteiger partial charge on any atom is 0.242 e. The Labute approximate surface area is 355 Å². The number of rotatable bonds is 9. The predicted octanol–water partition coefficient (Wildman–Crippen LogP) is 13.7. The molecule has 0 aliphatic carbocycles. The van der Waals surface area contributed by atoms with Gasteiger partial charge in [-0.15, -0.1) is 29.3 Å². The average molecular weight is 956 g/mol. The molecule has 8 heteroatoms. The molecule has 3 aromatic heterocycles. The summed E-state index contributed by atoms with van der Waals surface area (Å²) in [6.45, 7) is 14.7. The van der Waals surface area contributed by atoms with Gasteiger partial charge in [-0.3, -0.25) is 9.55 Å². The van der Waals surface area contributed by atoms with Crippen LogP contribution in [0.3, 0.4) is 0 Å². The van der Waals surface area contributed by atoms with Gasteiger partial charge in [-0.2, -0.15) is 0 Å². The van der Waals surface area contributed by atoms with E-state index < -0.39 is 18.2 Å². The Morgan fingerprint density at radius 3 is 2.21 bits per heavy atom. The van der Waals surface area contributed by atoms with Crippen molar-refractivity contribution in [2.45, 2.75) is 78.5 Å². The number of para-hydroxylation sites is 1. The summed E-state index contributed by atoms with van der Waals surface area (Å²) in [5.41, 5.74) is 8.74. The van der Waals surface area contributed by atoms with E-state index in [1.165, 1.54) is 12.3 Å². The molecule has 1 N–H and O–H groups in total. The first-order valence-electron chi connectivity index (χ1n) is 20.3. The molecule has 0 unspecified atom stereocenters. The fourth-order valence-electron chi connectivity index (χ4n) is 7.70. The summed E-state index contributed by atoms with van der Waals surface area (Å²) in [5.74, 6) is 0.475. The maximum atomic E-state index is 15.0. The van der Waals surface area contributed by atoms with Crippen molar-refractivity contribution in [2.24, 2.45) is 0 Å². The molecule has 0 aliphatic rings. The number of imidazole rings is 1.